The molecule has 0 aliphatic heterocycles. The summed E-state index contributed by atoms with van der Waals surface area (Å²) in [4.78, 5) is 3.88. The van der Waals surface area contributed by atoms with Gasteiger partial charge in [0.1, 0.15) is 23.2 Å². The van der Waals surface area contributed by atoms with Crippen LogP contribution in [0.4, 0.5) is 5.82 Å². The fraction of sp³-hybridized carbons (Fsp3) is 0.600. The van der Waals surface area contributed by atoms with Crippen molar-refractivity contribution in [2.45, 2.75) is 51.7 Å². The molecule has 0 bridgehead atoms. The molecule has 0 atom stereocenters. The Balaban J connectivity index is 0.000000956. The van der Waals surface area contributed by atoms with Crippen LogP contribution in [0.3, 0.4) is 0 Å². The number of nitrogens with two attached hydrogens (primary N) is 1. The highest BCUT2D eigenvalue weighted by Crippen LogP contribution is 2.27. The summed E-state index contributed by atoms with van der Waals surface area (Å²) in [5.41, 5.74) is 6.04. The summed E-state index contributed by atoms with van der Waals surface area (Å²) in [5, 5.41) is 8.99. The summed E-state index contributed by atoms with van der Waals surface area (Å²) >= 11 is 0. The summed E-state index contributed by atoms with van der Waals surface area (Å²) in [6.07, 6.45) is 5.77. The van der Waals surface area contributed by atoms with Gasteiger partial charge in [0, 0.05) is 13.2 Å². The monoisotopic (exact) mass is 277 g/mol. The number of nitrogens with zero attached hydrogens (tertiary/aromatic N) is 2. The Morgan fingerprint density at radius 1 is 1.25 bits per heavy atom. The number of hydrogen-bond acceptors (Lipinski definition) is 5. The summed E-state index contributed by atoms with van der Waals surface area (Å²) in [5.74, 6) is 0.903. The predicted molar refractivity (Wildman–Crippen MR) is 78.4 cm³/mol. The fourth-order valence-corrected chi connectivity index (χ4v) is 2.20. The van der Waals surface area contributed by atoms with Gasteiger partial charge in [0.15, 0.2) is 0 Å². The number of nitriles is 1. The molecule has 110 valence electrons. The summed E-state index contributed by atoms with van der Waals surface area (Å²) in [7, 11) is 1.74. The first kappa shape index (κ1) is 16.3. The number of nitrogen functional groups attached to an aromatic ring is 1. The second-order valence-electron chi connectivity index (χ2n) is 4.47. The van der Waals surface area contributed by atoms with E-state index in [2.05, 4.69) is 11.1 Å². The molecular weight excluding hydrogens is 254 g/mol. The maximum atomic E-state index is 8.99. The van der Waals surface area contributed by atoms with Crippen molar-refractivity contribution >= 4 is 5.82 Å². The number of pyridine rings is 1. The molecule has 5 nitrogen and oxygen atoms in total. The molecule has 1 aromatic rings. The SMILES string of the molecule is CC.COC1CCC(Oc2cc(N)ncc2C#N)CC1. The lowest BCUT2D eigenvalue weighted by Gasteiger charge is -2.28. The Hall–Kier alpha value is -1.80. The van der Waals surface area contributed by atoms with Crippen LogP contribution in [0.1, 0.15) is 45.1 Å². The first-order chi connectivity index (χ1) is 9.72. The Morgan fingerprint density at radius 3 is 2.40 bits per heavy atom. The molecular formula is C15H23N3O2. The minimum Gasteiger partial charge on any atom is -0.489 e. The van der Waals surface area contributed by atoms with Crippen molar-refractivity contribution in [3.05, 3.63) is 17.8 Å². The molecule has 2 rings (SSSR count). The van der Waals surface area contributed by atoms with Gasteiger partial charge in [-0.1, -0.05) is 13.8 Å². The molecule has 20 heavy (non-hydrogen) atoms. The highest BCUT2D eigenvalue weighted by Gasteiger charge is 2.22. The zero-order chi connectivity index (χ0) is 15.0. The maximum Gasteiger partial charge on any atom is 0.142 e. The zero-order valence-corrected chi connectivity index (χ0v) is 12.4. The molecule has 1 heterocycles. The average Bonchev–Trinajstić information content (AvgIpc) is 2.50. The van der Waals surface area contributed by atoms with Crippen molar-refractivity contribution in [2.24, 2.45) is 0 Å². The third-order valence-electron chi connectivity index (χ3n) is 3.26. The van der Waals surface area contributed by atoms with Crippen LogP contribution in [0.15, 0.2) is 12.3 Å². The van der Waals surface area contributed by atoms with Crippen LogP contribution < -0.4 is 10.5 Å². The van der Waals surface area contributed by atoms with E-state index in [-0.39, 0.29) is 6.10 Å². The third kappa shape index (κ3) is 4.39. The minimum atomic E-state index is 0.130. The summed E-state index contributed by atoms with van der Waals surface area (Å²) in [6, 6.07) is 3.68. The second kappa shape index (κ2) is 8.39. The van der Waals surface area contributed by atoms with Crippen LogP contribution in [0.25, 0.3) is 0 Å². The van der Waals surface area contributed by atoms with Crippen molar-refractivity contribution in [2.75, 3.05) is 12.8 Å². The number of ether oxygens (including phenoxy) is 2. The first-order valence-electron chi connectivity index (χ1n) is 7.08. The van der Waals surface area contributed by atoms with E-state index in [1.165, 1.54) is 6.20 Å². The van der Waals surface area contributed by atoms with Gasteiger partial charge in [0.2, 0.25) is 0 Å². The van der Waals surface area contributed by atoms with Crippen LogP contribution in [-0.4, -0.2) is 24.3 Å². The molecule has 5 heteroatoms. The summed E-state index contributed by atoms with van der Waals surface area (Å²) in [6.45, 7) is 4.00. The molecule has 1 fully saturated rings. The van der Waals surface area contributed by atoms with Gasteiger partial charge in [-0.25, -0.2) is 4.98 Å². The maximum absolute atomic E-state index is 8.99. The standard InChI is InChI=1S/C13H17N3O2.C2H6/c1-17-10-2-4-11(5-3-10)18-12-6-13(15)16-8-9(12)7-14;1-2/h6,8,10-11H,2-5H2,1H3,(H2,15,16);1-2H3. The molecule has 0 unspecified atom stereocenters. The van der Waals surface area contributed by atoms with Gasteiger partial charge in [-0.3, -0.25) is 0 Å². The van der Waals surface area contributed by atoms with Gasteiger partial charge < -0.3 is 15.2 Å². The largest absolute Gasteiger partial charge is 0.489 e. The molecule has 0 amide bonds. The van der Waals surface area contributed by atoms with Crippen molar-refractivity contribution < 1.29 is 9.47 Å². The molecule has 0 spiro atoms. The van der Waals surface area contributed by atoms with E-state index in [1.807, 2.05) is 13.8 Å². The van der Waals surface area contributed by atoms with Gasteiger partial charge >= 0.3 is 0 Å². The van der Waals surface area contributed by atoms with Gasteiger partial charge in [-0.2, -0.15) is 5.26 Å². The van der Waals surface area contributed by atoms with Crippen LogP contribution in [-0.2, 0) is 4.74 Å². The topological polar surface area (TPSA) is 81.2 Å². The van der Waals surface area contributed by atoms with E-state index in [0.717, 1.165) is 25.7 Å². The van der Waals surface area contributed by atoms with Crippen molar-refractivity contribution in [3.63, 3.8) is 0 Å². The Bertz CT molecular complexity index is 449. The van der Waals surface area contributed by atoms with E-state index in [4.69, 9.17) is 20.5 Å². The quantitative estimate of drug-likeness (QED) is 0.918. The van der Waals surface area contributed by atoms with Crippen LogP contribution in [0.2, 0.25) is 0 Å². The molecule has 1 aliphatic carbocycles. The molecule has 1 aromatic heterocycles. The van der Waals surface area contributed by atoms with E-state index in [1.54, 1.807) is 13.2 Å². The van der Waals surface area contributed by atoms with E-state index >= 15 is 0 Å². The number of rotatable bonds is 3. The average molecular weight is 277 g/mol. The van der Waals surface area contributed by atoms with Gasteiger partial charge in [-0.15, -0.1) is 0 Å². The Labute approximate surface area is 120 Å². The molecule has 0 radical (unpaired) electrons. The molecule has 1 saturated carbocycles. The second-order valence-corrected chi connectivity index (χ2v) is 4.47. The lowest BCUT2D eigenvalue weighted by molar-refractivity contribution is 0.0327. The highest BCUT2D eigenvalue weighted by atomic mass is 16.5. The smallest absolute Gasteiger partial charge is 0.142 e. The predicted octanol–water partition coefficient (Wildman–Crippen LogP) is 2.90. The highest BCUT2D eigenvalue weighted by molar-refractivity contribution is 5.47. The third-order valence-corrected chi connectivity index (χ3v) is 3.26. The van der Waals surface area contributed by atoms with Crippen LogP contribution in [0, 0.1) is 11.3 Å². The molecule has 2 N–H and O–H groups in total. The molecule has 0 saturated heterocycles. The van der Waals surface area contributed by atoms with E-state index in [9.17, 15) is 0 Å². The van der Waals surface area contributed by atoms with E-state index < -0.39 is 0 Å². The lowest BCUT2D eigenvalue weighted by Crippen LogP contribution is -2.27. The Kier molecular flexibility index (Phi) is 6.82. The van der Waals surface area contributed by atoms with Crippen LogP contribution in [0.5, 0.6) is 5.75 Å². The van der Waals surface area contributed by atoms with Crippen molar-refractivity contribution in [1.82, 2.24) is 4.98 Å². The molecule has 1 aliphatic rings. The van der Waals surface area contributed by atoms with Gasteiger partial charge in [0.25, 0.3) is 0 Å². The minimum absolute atomic E-state index is 0.130. The molecule has 0 aromatic carbocycles. The number of hydrogen-bond donors (Lipinski definition) is 1. The van der Waals surface area contributed by atoms with Crippen LogP contribution >= 0.6 is 0 Å². The summed E-state index contributed by atoms with van der Waals surface area (Å²) < 4.78 is 11.2. The number of anilines is 1. The number of aromatic nitrogens is 1. The fourth-order valence-electron chi connectivity index (χ4n) is 2.20. The van der Waals surface area contributed by atoms with Crippen molar-refractivity contribution in [3.8, 4) is 11.8 Å². The lowest BCUT2D eigenvalue weighted by atomic mass is 9.95. The normalized spacial score (nSPS) is 21.3. The number of methoxy groups -OCH3 is 1. The van der Waals surface area contributed by atoms with E-state index in [0.29, 0.717) is 23.2 Å². The van der Waals surface area contributed by atoms with Crippen molar-refractivity contribution in [1.29, 1.82) is 5.26 Å². The zero-order valence-electron chi connectivity index (χ0n) is 12.4. The van der Waals surface area contributed by atoms with Gasteiger partial charge in [-0.05, 0) is 25.7 Å². The first-order valence-corrected chi connectivity index (χ1v) is 7.08. The Morgan fingerprint density at radius 2 is 1.85 bits per heavy atom. The van der Waals surface area contributed by atoms with Gasteiger partial charge in [0.05, 0.1) is 18.4 Å².